The average molecular weight is 302 g/mol. The van der Waals surface area contributed by atoms with E-state index in [9.17, 15) is 4.79 Å². The van der Waals surface area contributed by atoms with E-state index >= 15 is 0 Å². The zero-order valence-electron chi connectivity index (χ0n) is 10.6. The molecule has 0 amide bonds. The molecular formula is C14H17Cl2NO2. The Morgan fingerprint density at radius 1 is 1.21 bits per heavy atom. The van der Waals surface area contributed by atoms with Crippen LogP contribution in [0.1, 0.15) is 24.8 Å². The van der Waals surface area contributed by atoms with Crippen molar-refractivity contribution in [3.05, 3.63) is 33.8 Å². The number of piperidine rings is 1. The normalized spacial score (nSPS) is 17.6. The SMILES string of the molecule is O=C(O)CC1CCN(Cc2cc(Cl)cc(Cl)c2)CC1. The highest BCUT2D eigenvalue weighted by atomic mass is 35.5. The number of likely N-dealkylation sites (tertiary alicyclic amines) is 1. The van der Waals surface area contributed by atoms with E-state index in [1.54, 1.807) is 6.07 Å². The Kier molecular flexibility index (Phi) is 5.08. The predicted octanol–water partition coefficient (Wildman–Crippen LogP) is 3.68. The smallest absolute Gasteiger partial charge is 0.303 e. The molecule has 0 bridgehead atoms. The molecule has 0 aromatic heterocycles. The van der Waals surface area contributed by atoms with Crippen molar-refractivity contribution in [1.82, 2.24) is 4.90 Å². The van der Waals surface area contributed by atoms with Gasteiger partial charge in [-0.05, 0) is 55.6 Å². The van der Waals surface area contributed by atoms with Gasteiger partial charge in [0.25, 0.3) is 0 Å². The number of hydrogen-bond acceptors (Lipinski definition) is 2. The molecule has 1 fully saturated rings. The average Bonchev–Trinajstić information content (AvgIpc) is 2.29. The lowest BCUT2D eigenvalue weighted by Gasteiger charge is -2.31. The third-order valence-corrected chi connectivity index (χ3v) is 3.94. The minimum absolute atomic E-state index is 0.289. The van der Waals surface area contributed by atoms with Crippen LogP contribution in [-0.2, 0) is 11.3 Å². The minimum Gasteiger partial charge on any atom is -0.481 e. The first-order valence-electron chi connectivity index (χ1n) is 6.42. The number of rotatable bonds is 4. The summed E-state index contributed by atoms with van der Waals surface area (Å²) in [5.74, 6) is -0.378. The molecule has 1 aromatic rings. The lowest BCUT2D eigenvalue weighted by molar-refractivity contribution is -0.138. The van der Waals surface area contributed by atoms with Gasteiger partial charge in [-0.3, -0.25) is 9.69 Å². The summed E-state index contributed by atoms with van der Waals surface area (Å²) in [5.41, 5.74) is 1.11. The van der Waals surface area contributed by atoms with Crippen LogP contribution in [0.25, 0.3) is 0 Å². The van der Waals surface area contributed by atoms with Crippen molar-refractivity contribution >= 4 is 29.2 Å². The third kappa shape index (κ3) is 4.68. The molecule has 0 radical (unpaired) electrons. The van der Waals surface area contributed by atoms with Gasteiger partial charge in [0.15, 0.2) is 0 Å². The van der Waals surface area contributed by atoms with Crippen LogP contribution in [0, 0.1) is 5.92 Å². The maximum Gasteiger partial charge on any atom is 0.303 e. The van der Waals surface area contributed by atoms with E-state index in [2.05, 4.69) is 4.90 Å². The lowest BCUT2D eigenvalue weighted by atomic mass is 9.93. The van der Waals surface area contributed by atoms with Gasteiger partial charge in [0.1, 0.15) is 0 Å². The number of carbonyl (C=O) groups is 1. The van der Waals surface area contributed by atoms with Gasteiger partial charge in [-0.2, -0.15) is 0 Å². The predicted molar refractivity (Wildman–Crippen MR) is 76.7 cm³/mol. The molecule has 19 heavy (non-hydrogen) atoms. The Labute approximate surface area is 123 Å². The van der Waals surface area contributed by atoms with Crippen LogP contribution < -0.4 is 0 Å². The topological polar surface area (TPSA) is 40.5 Å². The van der Waals surface area contributed by atoms with Crippen LogP contribution in [0.15, 0.2) is 18.2 Å². The summed E-state index contributed by atoms with van der Waals surface area (Å²) in [5, 5.41) is 10.1. The molecule has 1 aliphatic rings. The van der Waals surface area contributed by atoms with Gasteiger partial charge >= 0.3 is 5.97 Å². The molecule has 1 aromatic carbocycles. The highest BCUT2D eigenvalue weighted by Gasteiger charge is 2.21. The Balaban J connectivity index is 1.86. The molecular weight excluding hydrogens is 285 g/mol. The van der Waals surface area contributed by atoms with Crippen LogP contribution in [0.5, 0.6) is 0 Å². The van der Waals surface area contributed by atoms with Gasteiger partial charge in [0.05, 0.1) is 0 Å². The van der Waals surface area contributed by atoms with Crippen LogP contribution in [0.4, 0.5) is 0 Å². The molecule has 0 unspecified atom stereocenters. The summed E-state index contributed by atoms with van der Waals surface area (Å²) in [6, 6.07) is 5.58. The van der Waals surface area contributed by atoms with E-state index in [4.69, 9.17) is 28.3 Å². The highest BCUT2D eigenvalue weighted by molar-refractivity contribution is 6.34. The summed E-state index contributed by atoms with van der Waals surface area (Å²) in [7, 11) is 0. The number of benzene rings is 1. The second kappa shape index (κ2) is 6.60. The van der Waals surface area contributed by atoms with E-state index in [0.717, 1.165) is 38.0 Å². The fourth-order valence-electron chi connectivity index (χ4n) is 2.56. The number of carboxylic acid groups (broad SMARTS) is 1. The number of nitrogens with zero attached hydrogens (tertiary/aromatic N) is 1. The molecule has 0 atom stereocenters. The van der Waals surface area contributed by atoms with Crippen LogP contribution in [-0.4, -0.2) is 29.1 Å². The largest absolute Gasteiger partial charge is 0.481 e. The fraction of sp³-hybridized carbons (Fsp3) is 0.500. The van der Waals surface area contributed by atoms with Gasteiger partial charge in [-0.25, -0.2) is 0 Å². The van der Waals surface area contributed by atoms with Gasteiger partial charge in [-0.15, -0.1) is 0 Å². The molecule has 2 rings (SSSR count). The molecule has 1 aliphatic heterocycles. The second-order valence-corrected chi connectivity index (χ2v) is 5.97. The van der Waals surface area contributed by atoms with Crippen LogP contribution in [0.2, 0.25) is 10.0 Å². The Hall–Kier alpha value is -0.770. The van der Waals surface area contributed by atoms with Crippen molar-refractivity contribution in [2.24, 2.45) is 5.92 Å². The highest BCUT2D eigenvalue weighted by Crippen LogP contribution is 2.24. The van der Waals surface area contributed by atoms with Gasteiger partial charge < -0.3 is 5.11 Å². The summed E-state index contributed by atoms with van der Waals surface area (Å²) in [6.07, 6.45) is 2.18. The second-order valence-electron chi connectivity index (χ2n) is 5.10. The summed E-state index contributed by atoms with van der Waals surface area (Å²) >= 11 is 12.0. The first-order chi connectivity index (χ1) is 9.02. The molecule has 1 saturated heterocycles. The molecule has 5 heteroatoms. The maximum atomic E-state index is 10.7. The molecule has 1 N–H and O–H groups in total. The van der Waals surface area contributed by atoms with E-state index in [-0.39, 0.29) is 6.42 Å². The molecule has 0 spiro atoms. The van der Waals surface area contributed by atoms with Crippen molar-refractivity contribution < 1.29 is 9.90 Å². The monoisotopic (exact) mass is 301 g/mol. The van der Waals surface area contributed by atoms with E-state index < -0.39 is 5.97 Å². The van der Waals surface area contributed by atoms with Crippen molar-refractivity contribution in [2.75, 3.05) is 13.1 Å². The summed E-state index contributed by atoms with van der Waals surface area (Å²) < 4.78 is 0. The van der Waals surface area contributed by atoms with Crippen LogP contribution in [0.3, 0.4) is 0 Å². The first-order valence-corrected chi connectivity index (χ1v) is 7.17. The van der Waals surface area contributed by atoms with Gasteiger partial charge in [0, 0.05) is 23.0 Å². The van der Waals surface area contributed by atoms with Crippen molar-refractivity contribution in [3.63, 3.8) is 0 Å². The number of carboxylic acids is 1. The summed E-state index contributed by atoms with van der Waals surface area (Å²) in [6.45, 7) is 2.68. The number of aliphatic carboxylic acids is 1. The zero-order chi connectivity index (χ0) is 13.8. The van der Waals surface area contributed by atoms with Gasteiger partial charge in [0.2, 0.25) is 0 Å². The number of halogens is 2. The number of hydrogen-bond donors (Lipinski definition) is 1. The van der Waals surface area contributed by atoms with Crippen molar-refractivity contribution in [3.8, 4) is 0 Å². The third-order valence-electron chi connectivity index (χ3n) is 3.50. The van der Waals surface area contributed by atoms with E-state index in [1.807, 2.05) is 12.1 Å². The first kappa shape index (κ1) is 14.6. The molecule has 3 nitrogen and oxygen atoms in total. The molecule has 0 saturated carbocycles. The van der Waals surface area contributed by atoms with Gasteiger partial charge in [-0.1, -0.05) is 23.2 Å². The van der Waals surface area contributed by atoms with Crippen molar-refractivity contribution in [2.45, 2.75) is 25.8 Å². The van der Waals surface area contributed by atoms with E-state index in [0.29, 0.717) is 16.0 Å². The zero-order valence-corrected chi connectivity index (χ0v) is 12.1. The van der Waals surface area contributed by atoms with E-state index in [1.165, 1.54) is 0 Å². The standard InChI is InChI=1S/C14H17Cl2NO2/c15-12-5-11(6-13(16)8-12)9-17-3-1-10(2-4-17)7-14(18)19/h5-6,8,10H,1-4,7,9H2,(H,18,19). The molecule has 1 heterocycles. The molecule has 0 aliphatic carbocycles. The van der Waals surface area contributed by atoms with Crippen LogP contribution >= 0.6 is 23.2 Å². The lowest BCUT2D eigenvalue weighted by Crippen LogP contribution is -2.33. The maximum absolute atomic E-state index is 10.7. The van der Waals surface area contributed by atoms with Crippen molar-refractivity contribution in [1.29, 1.82) is 0 Å². The quantitative estimate of drug-likeness (QED) is 0.922. The minimum atomic E-state index is -0.694. The molecule has 104 valence electrons. The summed E-state index contributed by atoms with van der Waals surface area (Å²) in [4.78, 5) is 13.0. The fourth-order valence-corrected chi connectivity index (χ4v) is 3.13. The Morgan fingerprint density at radius 2 is 1.79 bits per heavy atom. The Bertz CT molecular complexity index is 437. The Morgan fingerprint density at radius 3 is 2.32 bits per heavy atom.